The number of hydrogen-bond donors (Lipinski definition) is 2. The van der Waals surface area contributed by atoms with E-state index < -0.39 is 0 Å². The summed E-state index contributed by atoms with van der Waals surface area (Å²) in [5, 5.41) is 2.10. The number of benzene rings is 2. The number of para-hydroxylation sites is 1. The van der Waals surface area contributed by atoms with E-state index in [1.54, 1.807) is 0 Å². The Bertz CT molecular complexity index is 1330. The molecule has 0 radical (unpaired) electrons. The highest BCUT2D eigenvalue weighted by Crippen LogP contribution is 2.26. The largest absolute Gasteiger partial charge is 0.466 e. The average Bonchev–Trinajstić information content (AvgIpc) is 3.22. The van der Waals surface area contributed by atoms with Crippen LogP contribution in [0.3, 0.4) is 0 Å². The van der Waals surface area contributed by atoms with Gasteiger partial charge in [-0.05, 0) is 74.1 Å². The third-order valence-electron chi connectivity index (χ3n) is 6.34. The summed E-state index contributed by atoms with van der Waals surface area (Å²) < 4.78 is 5.17. The van der Waals surface area contributed by atoms with Gasteiger partial charge < -0.3 is 14.7 Å². The summed E-state index contributed by atoms with van der Waals surface area (Å²) in [6.07, 6.45) is 1.69. The number of fused-ring (bicyclic) bond motifs is 2. The molecule has 6 heteroatoms. The van der Waals surface area contributed by atoms with E-state index in [0.29, 0.717) is 12.2 Å². The predicted molar refractivity (Wildman–Crippen MR) is 126 cm³/mol. The molecule has 1 saturated heterocycles. The molecule has 6 nitrogen and oxygen atoms in total. The van der Waals surface area contributed by atoms with Gasteiger partial charge in [-0.25, -0.2) is 0 Å². The Hall–Kier alpha value is -3.38. The van der Waals surface area contributed by atoms with Gasteiger partial charge in [0.1, 0.15) is 0 Å². The number of carbonyl (C=O) groups excluding carboxylic acids is 1. The lowest BCUT2D eigenvalue weighted by Crippen LogP contribution is -2.36. The molecule has 0 bridgehead atoms. The zero-order valence-electron chi connectivity index (χ0n) is 18.2. The topological polar surface area (TPSA) is 78.2 Å². The second-order valence-corrected chi connectivity index (χ2v) is 8.51. The van der Waals surface area contributed by atoms with E-state index in [9.17, 15) is 9.59 Å². The molecule has 2 aromatic carbocycles. The molecule has 0 spiro atoms. The number of nitrogens with zero attached hydrogens (tertiary/aromatic N) is 1. The van der Waals surface area contributed by atoms with Crippen molar-refractivity contribution in [2.75, 3.05) is 19.7 Å². The highest BCUT2D eigenvalue weighted by atomic mass is 16.5. The zero-order chi connectivity index (χ0) is 22.1. The second-order valence-electron chi connectivity index (χ2n) is 8.51. The molecular formula is C26H27N3O3. The number of pyridine rings is 1. The van der Waals surface area contributed by atoms with Crippen LogP contribution in [0.1, 0.15) is 25.3 Å². The molecule has 2 N–H and O–H groups in total. The van der Waals surface area contributed by atoms with E-state index in [2.05, 4.69) is 33.1 Å². The van der Waals surface area contributed by atoms with Crippen LogP contribution in [-0.2, 0) is 16.1 Å². The van der Waals surface area contributed by atoms with E-state index in [-0.39, 0.29) is 17.4 Å². The number of piperidine rings is 1. The molecular weight excluding hydrogens is 402 g/mol. The minimum atomic E-state index is -0.0973. The van der Waals surface area contributed by atoms with Crippen molar-refractivity contribution in [3.63, 3.8) is 0 Å². The molecule has 0 atom stereocenters. The minimum Gasteiger partial charge on any atom is -0.466 e. The van der Waals surface area contributed by atoms with Gasteiger partial charge in [-0.3, -0.25) is 14.5 Å². The normalized spacial score (nSPS) is 15.4. The molecule has 32 heavy (non-hydrogen) atoms. The quantitative estimate of drug-likeness (QED) is 0.460. The molecule has 3 heterocycles. The number of aromatic nitrogens is 2. The van der Waals surface area contributed by atoms with Crippen molar-refractivity contribution in [2.45, 2.75) is 26.3 Å². The van der Waals surface area contributed by atoms with Crippen molar-refractivity contribution in [2.24, 2.45) is 5.92 Å². The first-order valence-electron chi connectivity index (χ1n) is 11.2. The van der Waals surface area contributed by atoms with Crippen LogP contribution in [0.2, 0.25) is 0 Å². The van der Waals surface area contributed by atoms with E-state index in [1.165, 1.54) is 5.56 Å². The molecule has 0 saturated carbocycles. The van der Waals surface area contributed by atoms with Crippen LogP contribution in [0.15, 0.2) is 59.4 Å². The molecule has 5 rings (SSSR count). The number of ether oxygens (including phenoxy) is 1. The number of H-pyrrole nitrogens is 2. The highest BCUT2D eigenvalue weighted by molar-refractivity contribution is 5.89. The fourth-order valence-electron chi connectivity index (χ4n) is 4.62. The van der Waals surface area contributed by atoms with Crippen LogP contribution < -0.4 is 5.56 Å². The Morgan fingerprint density at radius 3 is 2.59 bits per heavy atom. The van der Waals surface area contributed by atoms with Gasteiger partial charge >= 0.3 is 5.97 Å². The number of nitrogens with one attached hydrogen (secondary N) is 2. The minimum absolute atomic E-state index is 0.0287. The predicted octanol–water partition coefficient (Wildman–Crippen LogP) is 4.45. The van der Waals surface area contributed by atoms with Crippen LogP contribution in [0.5, 0.6) is 0 Å². The molecule has 1 aliphatic heterocycles. The Balaban J connectivity index is 1.33. The summed E-state index contributed by atoms with van der Waals surface area (Å²) in [6.45, 7) is 4.94. The van der Waals surface area contributed by atoms with Crippen molar-refractivity contribution in [1.29, 1.82) is 0 Å². The van der Waals surface area contributed by atoms with Gasteiger partial charge in [0, 0.05) is 23.0 Å². The van der Waals surface area contributed by atoms with Crippen LogP contribution in [0, 0.1) is 5.92 Å². The molecule has 164 valence electrons. The summed E-state index contributed by atoms with van der Waals surface area (Å²) in [7, 11) is 0. The van der Waals surface area contributed by atoms with Gasteiger partial charge in [-0.2, -0.15) is 0 Å². The number of likely N-dealkylation sites (tertiary alicyclic amines) is 1. The smallest absolute Gasteiger partial charge is 0.309 e. The zero-order valence-corrected chi connectivity index (χ0v) is 18.2. The summed E-state index contributed by atoms with van der Waals surface area (Å²) in [5.41, 5.74) is 4.44. The molecule has 4 aromatic rings. The third-order valence-corrected chi connectivity index (χ3v) is 6.34. The molecule has 0 aliphatic carbocycles. The number of hydrogen-bond acceptors (Lipinski definition) is 4. The van der Waals surface area contributed by atoms with Crippen molar-refractivity contribution in [1.82, 2.24) is 14.9 Å². The van der Waals surface area contributed by atoms with Crippen molar-refractivity contribution < 1.29 is 9.53 Å². The van der Waals surface area contributed by atoms with E-state index in [0.717, 1.165) is 60.0 Å². The van der Waals surface area contributed by atoms with Crippen LogP contribution >= 0.6 is 0 Å². The Morgan fingerprint density at radius 2 is 1.78 bits per heavy atom. The number of carbonyl (C=O) groups is 1. The monoisotopic (exact) mass is 429 g/mol. The summed E-state index contributed by atoms with van der Waals surface area (Å²) in [5.74, 6) is -0.0296. The first-order valence-corrected chi connectivity index (χ1v) is 11.2. The van der Waals surface area contributed by atoms with Gasteiger partial charge in [0.15, 0.2) is 0 Å². The van der Waals surface area contributed by atoms with Crippen LogP contribution in [-0.4, -0.2) is 40.5 Å². The first kappa shape index (κ1) is 20.5. The molecule has 0 unspecified atom stereocenters. The molecule has 1 fully saturated rings. The lowest BCUT2D eigenvalue weighted by atomic mass is 9.96. The molecule has 1 aliphatic rings. The Kier molecular flexibility index (Phi) is 5.53. The lowest BCUT2D eigenvalue weighted by molar-refractivity contribution is -0.149. The van der Waals surface area contributed by atoms with Gasteiger partial charge in [0.05, 0.1) is 23.8 Å². The summed E-state index contributed by atoms with van der Waals surface area (Å²) >= 11 is 0. The van der Waals surface area contributed by atoms with E-state index in [4.69, 9.17) is 4.74 Å². The van der Waals surface area contributed by atoms with Gasteiger partial charge in [-0.1, -0.05) is 24.3 Å². The maximum atomic E-state index is 12.6. The second kappa shape index (κ2) is 8.63. The number of rotatable bonds is 5. The Morgan fingerprint density at radius 1 is 1.00 bits per heavy atom. The third kappa shape index (κ3) is 4.06. The average molecular weight is 430 g/mol. The van der Waals surface area contributed by atoms with Crippen LogP contribution in [0.4, 0.5) is 0 Å². The van der Waals surface area contributed by atoms with Gasteiger partial charge in [-0.15, -0.1) is 0 Å². The van der Waals surface area contributed by atoms with Crippen LogP contribution in [0.25, 0.3) is 33.1 Å². The highest BCUT2D eigenvalue weighted by Gasteiger charge is 2.25. The lowest BCUT2D eigenvalue weighted by Gasteiger charge is -2.30. The van der Waals surface area contributed by atoms with Gasteiger partial charge in [0.2, 0.25) is 0 Å². The van der Waals surface area contributed by atoms with Crippen molar-refractivity contribution in [3.05, 3.63) is 70.5 Å². The molecule has 2 aromatic heterocycles. The summed E-state index contributed by atoms with van der Waals surface area (Å²) in [6, 6.07) is 18.2. The molecule has 0 amide bonds. The fraction of sp³-hybridized carbons (Fsp3) is 0.308. The van der Waals surface area contributed by atoms with Crippen molar-refractivity contribution in [3.8, 4) is 11.3 Å². The maximum absolute atomic E-state index is 12.6. The van der Waals surface area contributed by atoms with E-state index >= 15 is 0 Å². The van der Waals surface area contributed by atoms with Gasteiger partial charge in [0.25, 0.3) is 5.56 Å². The first-order chi connectivity index (χ1) is 15.6. The van der Waals surface area contributed by atoms with E-state index in [1.807, 2.05) is 43.3 Å². The maximum Gasteiger partial charge on any atom is 0.309 e. The fourth-order valence-corrected chi connectivity index (χ4v) is 4.62. The van der Waals surface area contributed by atoms with Crippen molar-refractivity contribution >= 4 is 27.8 Å². The SMILES string of the molecule is CCOC(=O)C1CCN(Cc2ccc3[nH]c(-c4cc5ccccc5[nH]c4=O)cc3c2)CC1. The number of aromatic amines is 2. The summed E-state index contributed by atoms with van der Waals surface area (Å²) in [4.78, 5) is 33.3. The number of esters is 1. The standard InChI is InChI=1S/C26H27N3O3/c1-2-32-26(31)18-9-11-29(12-10-18)16-17-7-8-23-20(13-17)15-24(27-23)21-14-19-5-3-4-6-22(19)28-25(21)30/h3-8,13-15,18,27H,2,9-12,16H2,1H3,(H,28,30). The Labute approximate surface area is 186 Å².